The number of nitrogens with one attached hydrogen (secondary N) is 1. The van der Waals surface area contributed by atoms with Crippen LogP contribution >= 0.6 is 0 Å². The summed E-state index contributed by atoms with van der Waals surface area (Å²) in [6.45, 7) is 2.63. The highest BCUT2D eigenvalue weighted by molar-refractivity contribution is 7.90. The van der Waals surface area contributed by atoms with Crippen LogP contribution in [-0.2, 0) is 16.4 Å². The van der Waals surface area contributed by atoms with Crippen LogP contribution in [0.25, 0.3) is 0 Å². The van der Waals surface area contributed by atoms with Crippen molar-refractivity contribution in [2.24, 2.45) is 0 Å². The van der Waals surface area contributed by atoms with Crippen LogP contribution in [0.2, 0.25) is 0 Å². The lowest BCUT2D eigenvalue weighted by molar-refractivity contribution is 0.602. The van der Waals surface area contributed by atoms with Gasteiger partial charge in [-0.25, -0.2) is 8.42 Å². The van der Waals surface area contributed by atoms with E-state index in [4.69, 9.17) is 0 Å². The summed E-state index contributed by atoms with van der Waals surface area (Å²) < 4.78 is 22.7. The van der Waals surface area contributed by atoms with E-state index in [1.807, 2.05) is 19.1 Å². The highest BCUT2D eigenvalue weighted by Crippen LogP contribution is 2.15. The Kier molecular flexibility index (Phi) is 3.85. The molecule has 1 aromatic heterocycles. The molecule has 5 heteroatoms. The number of benzene rings is 1. The number of hydrogen-bond donors (Lipinski definition) is 1. The first-order valence-corrected chi connectivity index (χ1v) is 7.80. The molecule has 0 saturated heterocycles. The highest BCUT2D eigenvalue weighted by atomic mass is 32.2. The lowest BCUT2D eigenvalue weighted by atomic mass is 10.2. The number of anilines is 1. The van der Waals surface area contributed by atoms with Gasteiger partial charge in [-0.3, -0.25) is 4.98 Å². The fourth-order valence-corrected chi connectivity index (χ4v) is 2.34. The van der Waals surface area contributed by atoms with Crippen LogP contribution in [-0.4, -0.2) is 19.7 Å². The van der Waals surface area contributed by atoms with Gasteiger partial charge in [0.15, 0.2) is 9.84 Å². The molecule has 1 N–H and O–H groups in total. The quantitative estimate of drug-likeness (QED) is 0.931. The molecule has 0 aliphatic rings. The van der Waals surface area contributed by atoms with Crippen molar-refractivity contribution in [3.05, 3.63) is 53.9 Å². The third kappa shape index (κ3) is 3.54. The molecule has 0 atom stereocenters. The predicted molar refractivity (Wildman–Crippen MR) is 75.9 cm³/mol. The normalized spacial score (nSPS) is 11.3. The molecule has 0 bridgehead atoms. The summed E-state index contributed by atoms with van der Waals surface area (Å²) in [5.41, 5.74) is 2.98. The minimum atomic E-state index is -3.13. The average molecular weight is 276 g/mol. The van der Waals surface area contributed by atoms with Crippen molar-refractivity contribution >= 4 is 15.5 Å². The maximum absolute atomic E-state index is 11.3. The maximum atomic E-state index is 11.3. The molecule has 1 aromatic carbocycles. The van der Waals surface area contributed by atoms with Crippen molar-refractivity contribution in [1.29, 1.82) is 0 Å². The number of nitrogens with zero attached hydrogens (tertiary/aromatic N) is 1. The topological polar surface area (TPSA) is 59.1 Å². The van der Waals surface area contributed by atoms with Gasteiger partial charge in [0, 0.05) is 18.1 Å². The molecule has 0 amide bonds. The van der Waals surface area contributed by atoms with E-state index in [1.165, 1.54) is 6.26 Å². The second-order valence-corrected chi connectivity index (χ2v) is 6.43. The number of aryl methyl sites for hydroxylation is 1. The van der Waals surface area contributed by atoms with Gasteiger partial charge in [0.25, 0.3) is 0 Å². The highest BCUT2D eigenvalue weighted by Gasteiger charge is 2.06. The minimum absolute atomic E-state index is 0.326. The molecular formula is C14H16N2O2S. The number of aromatic nitrogens is 1. The van der Waals surface area contributed by atoms with Crippen LogP contribution in [0, 0.1) is 6.92 Å². The van der Waals surface area contributed by atoms with Gasteiger partial charge in [-0.2, -0.15) is 0 Å². The number of hydrogen-bond acceptors (Lipinski definition) is 4. The summed E-state index contributed by atoms with van der Waals surface area (Å²) in [7, 11) is -3.13. The van der Waals surface area contributed by atoms with Gasteiger partial charge in [0.05, 0.1) is 17.1 Å². The monoisotopic (exact) mass is 276 g/mol. The minimum Gasteiger partial charge on any atom is -0.379 e. The predicted octanol–water partition coefficient (Wildman–Crippen LogP) is 2.41. The zero-order valence-electron chi connectivity index (χ0n) is 10.9. The van der Waals surface area contributed by atoms with Gasteiger partial charge in [-0.15, -0.1) is 0 Å². The Bertz CT molecular complexity index is 664. The van der Waals surface area contributed by atoms with Crippen molar-refractivity contribution in [3.63, 3.8) is 0 Å². The Morgan fingerprint density at radius 1 is 1.16 bits per heavy atom. The maximum Gasteiger partial charge on any atom is 0.175 e. The summed E-state index contributed by atoms with van der Waals surface area (Å²) in [5.74, 6) is 0. The van der Waals surface area contributed by atoms with Gasteiger partial charge >= 0.3 is 0 Å². The molecule has 0 fully saturated rings. The van der Waals surface area contributed by atoms with Crippen LogP contribution in [0.4, 0.5) is 5.69 Å². The van der Waals surface area contributed by atoms with E-state index in [-0.39, 0.29) is 0 Å². The van der Waals surface area contributed by atoms with E-state index in [1.54, 1.807) is 30.5 Å². The Balaban J connectivity index is 2.07. The van der Waals surface area contributed by atoms with E-state index in [9.17, 15) is 8.42 Å². The van der Waals surface area contributed by atoms with Crippen LogP contribution in [0.15, 0.2) is 47.5 Å². The molecule has 0 radical (unpaired) electrons. The molecule has 2 aromatic rings. The second-order valence-electron chi connectivity index (χ2n) is 4.42. The van der Waals surface area contributed by atoms with E-state index >= 15 is 0 Å². The lowest BCUT2D eigenvalue weighted by Gasteiger charge is -2.08. The zero-order chi connectivity index (χ0) is 13.9. The van der Waals surface area contributed by atoms with Crippen molar-refractivity contribution in [2.45, 2.75) is 18.4 Å². The number of sulfone groups is 1. The van der Waals surface area contributed by atoms with Crippen molar-refractivity contribution in [1.82, 2.24) is 4.98 Å². The van der Waals surface area contributed by atoms with Crippen molar-refractivity contribution in [2.75, 3.05) is 11.6 Å². The molecule has 0 aliphatic carbocycles. The Morgan fingerprint density at radius 3 is 2.42 bits per heavy atom. The van der Waals surface area contributed by atoms with Gasteiger partial charge in [0.2, 0.25) is 0 Å². The first kappa shape index (κ1) is 13.5. The fourth-order valence-electron chi connectivity index (χ4n) is 1.71. The van der Waals surface area contributed by atoms with Crippen LogP contribution in [0.3, 0.4) is 0 Å². The van der Waals surface area contributed by atoms with Crippen molar-refractivity contribution < 1.29 is 8.42 Å². The Morgan fingerprint density at radius 2 is 1.84 bits per heavy atom. The molecular weight excluding hydrogens is 260 g/mol. The summed E-state index contributed by atoms with van der Waals surface area (Å²) in [6.07, 6.45) is 2.96. The average Bonchev–Trinajstić information content (AvgIpc) is 2.37. The Hall–Kier alpha value is -1.88. The third-order valence-electron chi connectivity index (χ3n) is 2.86. The molecule has 4 nitrogen and oxygen atoms in total. The molecule has 0 aliphatic heterocycles. The third-order valence-corrected chi connectivity index (χ3v) is 3.99. The van der Waals surface area contributed by atoms with Gasteiger partial charge in [0.1, 0.15) is 0 Å². The lowest BCUT2D eigenvalue weighted by Crippen LogP contribution is -2.04. The summed E-state index contributed by atoms with van der Waals surface area (Å²) in [4.78, 5) is 4.62. The molecule has 0 saturated carbocycles. The van der Waals surface area contributed by atoms with Crippen LogP contribution in [0.1, 0.15) is 11.3 Å². The Labute approximate surface area is 113 Å². The van der Waals surface area contributed by atoms with E-state index in [2.05, 4.69) is 10.3 Å². The van der Waals surface area contributed by atoms with Crippen molar-refractivity contribution in [3.8, 4) is 0 Å². The molecule has 100 valence electrons. The van der Waals surface area contributed by atoms with Crippen LogP contribution in [0.5, 0.6) is 0 Å². The first-order chi connectivity index (χ1) is 8.97. The molecule has 0 unspecified atom stereocenters. The van der Waals surface area contributed by atoms with Gasteiger partial charge in [-0.1, -0.05) is 6.07 Å². The first-order valence-electron chi connectivity index (χ1n) is 5.91. The van der Waals surface area contributed by atoms with E-state index in [0.29, 0.717) is 11.4 Å². The smallest absolute Gasteiger partial charge is 0.175 e. The van der Waals surface area contributed by atoms with Crippen LogP contribution < -0.4 is 5.32 Å². The molecule has 1 heterocycles. The van der Waals surface area contributed by atoms with Gasteiger partial charge in [-0.05, 0) is 42.8 Å². The van der Waals surface area contributed by atoms with E-state index in [0.717, 1.165) is 16.9 Å². The summed E-state index contributed by atoms with van der Waals surface area (Å²) >= 11 is 0. The largest absolute Gasteiger partial charge is 0.379 e. The number of rotatable bonds is 4. The zero-order valence-corrected chi connectivity index (χ0v) is 11.7. The standard InChI is InChI=1S/C14H16N2O2S/c1-11-4-3-9-15-14(11)10-16-12-5-7-13(8-6-12)19(2,17)18/h3-9,16H,10H2,1-2H3. The molecule has 0 spiro atoms. The number of pyridine rings is 1. The summed E-state index contributed by atoms with van der Waals surface area (Å²) in [6, 6.07) is 10.6. The fraction of sp³-hybridized carbons (Fsp3) is 0.214. The second kappa shape index (κ2) is 5.40. The van der Waals surface area contributed by atoms with Gasteiger partial charge < -0.3 is 5.32 Å². The summed E-state index contributed by atoms with van der Waals surface area (Å²) in [5, 5.41) is 3.22. The molecule has 2 rings (SSSR count). The SMILES string of the molecule is Cc1cccnc1CNc1ccc(S(C)(=O)=O)cc1. The van der Waals surface area contributed by atoms with E-state index < -0.39 is 9.84 Å². The molecule has 19 heavy (non-hydrogen) atoms.